The summed E-state index contributed by atoms with van der Waals surface area (Å²) < 4.78 is 11.0. The van der Waals surface area contributed by atoms with Crippen LogP contribution >= 0.6 is 0 Å². The first-order chi connectivity index (χ1) is 13.5. The van der Waals surface area contributed by atoms with E-state index in [1.165, 1.54) is 0 Å². The first-order valence-corrected chi connectivity index (χ1v) is 9.60. The average molecular weight is 380 g/mol. The van der Waals surface area contributed by atoms with Gasteiger partial charge in [-0.3, -0.25) is 9.59 Å². The molecular formula is C22H24N2O4. The maximum absolute atomic E-state index is 12.7. The zero-order valence-corrected chi connectivity index (χ0v) is 16.1. The second-order valence-electron chi connectivity index (χ2n) is 7.45. The minimum Gasteiger partial charge on any atom is -0.467 e. The predicted molar refractivity (Wildman–Crippen MR) is 106 cm³/mol. The Kier molecular flexibility index (Phi) is 5.05. The van der Waals surface area contributed by atoms with E-state index in [-0.39, 0.29) is 11.5 Å². The van der Waals surface area contributed by atoms with Crippen molar-refractivity contribution in [1.29, 1.82) is 0 Å². The summed E-state index contributed by atoms with van der Waals surface area (Å²) in [5, 5.41) is 3.98. The van der Waals surface area contributed by atoms with Crippen LogP contribution in [0.1, 0.15) is 41.3 Å². The van der Waals surface area contributed by atoms with Gasteiger partial charge in [-0.15, -0.1) is 0 Å². The van der Waals surface area contributed by atoms with Crippen molar-refractivity contribution in [1.82, 2.24) is 10.3 Å². The van der Waals surface area contributed by atoms with E-state index in [2.05, 4.69) is 16.4 Å². The van der Waals surface area contributed by atoms with Gasteiger partial charge in [-0.05, 0) is 61.9 Å². The molecule has 2 aromatic heterocycles. The number of aromatic nitrogens is 1. The van der Waals surface area contributed by atoms with Crippen molar-refractivity contribution in [2.75, 3.05) is 6.61 Å². The van der Waals surface area contributed by atoms with E-state index in [4.69, 9.17) is 9.15 Å². The van der Waals surface area contributed by atoms with Gasteiger partial charge < -0.3 is 19.5 Å². The lowest BCUT2D eigenvalue weighted by molar-refractivity contribution is -0.131. The molecule has 2 unspecified atom stereocenters. The number of pyridine rings is 1. The predicted octanol–water partition coefficient (Wildman–Crippen LogP) is 3.32. The number of fused-ring (bicyclic) bond motifs is 1. The molecule has 1 amide bonds. The standard InChI is InChI=1S/C22H24N2O4/c1-13-9-14(2)20-15(10-13)11-16(21(25)24-20)12-17(18-5-3-7-27-18)23-22(26)19-6-4-8-28-19/h3,5,7,9-11,17,19H,4,6,8,12H2,1-2H3,(H,23,26)(H,24,25). The summed E-state index contributed by atoms with van der Waals surface area (Å²) >= 11 is 0. The average Bonchev–Trinajstić information content (AvgIpc) is 3.36. The first kappa shape index (κ1) is 18.5. The molecule has 0 saturated carbocycles. The highest BCUT2D eigenvalue weighted by Crippen LogP contribution is 2.23. The van der Waals surface area contributed by atoms with Gasteiger partial charge in [-0.25, -0.2) is 0 Å². The van der Waals surface area contributed by atoms with Crippen molar-refractivity contribution in [3.05, 3.63) is 69.4 Å². The number of carbonyl (C=O) groups is 1. The van der Waals surface area contributed by atoms with Gasteiger partial charge in [0.2, 0.25) is 5.91 Å². The van der Waals surface area contributed by atoms with Crippen molar-refractivity contribution in [2.24, 2.45) is 0 Å². The molecule has 0 spiro atoms. The number of aryl methyl sites for hydroxylation is 2. The van der Waals surface area contributed by atoms with E-state index >= 15 is 0 Å². The van der Waals surface area contributed by atoms with Gasteiger partial charge in [0.1, 0.15) is 11.9 Å². The Hall–Kier alpha value is -2.86. The monoisotopic (exact) mass is 380 g/mol. The number of benzene rings is 1. The molecule has 6 heteroatoms. The Labute approximate surface area is 162 Å². The molecule has 6 nitrogen and oxygen atoms in total. The number of rotatable bonds is 5. The van der Waals surface area contributed by atoms with Crippen LogP contribution in [0.3, 0.4) is 0 Å². The number of furan rings is 1. The van der Waals surface area contributed by atoms with Gasteiger partial charge in [0, 0.05) is 18.6 Å². The van der Waals surface area contributed by atoms with Crippen LogP contribution in [-0.4, -0.2) is 23.6 Å². The molecule has 0 aliphatic carbocycles. The van der Waals surface area contributed by atoms with Crippen LogP contribution in [0.5, 0.6) is 0 Å². The molecule has 28 heavy (non-hydrogen) atoms. The molecular weight excluding hydrogens is 356 g/mol. The second-order valence-corrected chi connectivity index (χ2v) is 7.45. The Morgan fingerprint density at radius 2 is 2.18 bits per heavy atom. The fraction of sp³-hybridized carbons (Fsp3) is 0.364. The van der Waals surface area contributed by atoms with Gasteiger partial charge >= 0.3 is 0 Å². The number of H-pyrrole nitrogens is 1. The molecule has 4 rings (SSSR count). The van der Waals surface area contributed by atoms with Crippen molar-refractivity contribution < 1.29 is 13.9 Å². The molecule has 1 aliphatic rings. The summed E-state index contributed by atoms with van der Waals surface area (Å²) in [7, 11) is 0. The first-order valence-electron chi connectivity index (χ1n) is 9.60. The van der Waals surface area contributed by atoms with Gasteiger partial charge in [-0.2, -0.15) is 0 Å². The van der Waals surface area contributed by atoms with E-state index in [1.54, 1.807) is 12.3 Å². The van der Waals surface area contributed by atoms with Crippen molar-refractivity contribution >= 4 is 16.8 Å². The third-order valence-corrected chi connectivity index (χ3v) is 5.22. The molecule has 3 aromatic rings. The Bertz CT molecular complexity index is 1050. The molecule has 2 atom stereocenters. The topological polar surface area (TPSA) is 84.3 Å². The Morgan fingerprint density at radius 3 is 2.89 bits per heavy atom. The maximum atomic E-state index is 12.7. The third-order valence-electron chi connectivity index (χ3n) is 5.22. The van der Waals surface area contributed by atoms with Crippen LogP contribution in [0, 0.1) is 13.8 Å². The van der Waals surface area contributed by atoms with Crippen LogP contribution in [0.25, 0.3) is 10.9 Å². The second kappa shape index (κ2) is 7.64. The summed E-state index contributed by atoms with van der Waals surface area (Å²) in [6.07, 6.45) is 3.07. The minimum absolute atomic E-state index is 0.151. The molecule has 1 aliphatic heterocycles. The highest BCUT2D eigenvalue weighted by molar-refractivity contribution is 5.83. The largest absolute Gasteiger partial charge is 0.467 e. The molecule has 2 N–H and O–H groups in total. The number of amides is 1. The zero-order chi connectivity index (χ0) is 19.7. The minimum atomic E-state index is -0.434. The molecule has 3 heterocycles. The van der Waals surface area contributed by atoms with Crippen LogP contribution in [0.15, 0.2) is 45.8 Å². The normalized spacial score (nSPS) is 17.7. The number of hydrogen-bond donors (Lipinski definition) is 2. The van der Waals surface area contributed by atoms with E-state index in [9.17, 15) is 9.59 Å². The van der Waals surface area contributed by atoms with Gasteiger partial charge in [0.15, 0.2) is 0 Å². The lowest BCUT2D eigenvalue weighted by Gasteiger charge is -2.19. The highest BCUT2D eigenvalue weighted by atomic mass is 16.5. The van der Waals surface area contributed by atoms with Crippen LogP contribution < -0.4 is 10.9 Å². The van der Waals surface area contributed by atoms with Gasteiger partial charge in [-0.1, -0.05) is 11.6 Å². The Balaban J connectivity index is 1.65. The maximum Gasteiger partial charge on any atom is 0.251 e. The SMILES string of the molecule is Cc1cc(C)c2[nH]c(=O)c(CC(NC(=O)C3CCCO3)c3ccco3)cc2c1. The summed E-state index contributed by atoms with van der Waals surface area (Å²) in [5.74, 6) is 0.453. The third kappa shape index (κ3) is 3.73. The van der Waals surface area contributed by atoms with E-state index in [0.717, 1.165) is 28.5 Å². The fourth-order valence-electron chi connectivity index (χ4n) is 3.87. The zero-order valence-electron chi connectivity index (χ0n) is 16.1. The van der Waals surface area contributed by atoms with E-state index in [1.807, 2.05) is 32.0 Å². The summed E-state index contributed by atoms with van der Waals surface area (Å²) in [6, 6.07) is 9.15. The molecule has 1 fully saturated rings. The number of hydrogen-bond acceptors (Lipinski definition) is 4. The van der Waals surface area contributed by atoms with Crippen molar-refractivity contribution in [3.8, 4) is 0 Å². The smallest absolute Gasteiger partial charge is 0.251 e. The highest BCUT2D eigenvalue weighted by Gasteiger charge is 2.27. The van der Waals surface area contributed by atoms with E-state index in [0.29, 0.717) is 30.8 Å². The lowest BCUT2D eigenvalue weighted by Crippen LogP contribution is -2.38. The number of aromatic amines is 1. The van der Waals surface area contributed by atoms with Crippen LogP contribution in [0.4, 0.5) is 0 Å². The summed E-state index contributed by atoms with van der Waals surface area (Å²) in [5.41, 5.74) is 3.47. The summed E-state index contributed by atoms with van der Waals surface area (Å²) in [6.45, 7) is 4.62. The number of nitrogens with one attached hydrogen (secondary N) is 2. The lowest BCUT2D eigenvalue weighted by atomic mass is 10.0. The fourth-order valence-corrected chi connectivity index (χ4v) is 3.87. The molecule has 0 bridgehead atoms. The molecule has 1 aromatic carbocycles. The van der Waals surface area contributed by atoms with Crippen molar-refractivity contribution in [2.45, 2.75) is 45.3 Å². The number of carbonyl (C=O) groups excluding carboxylic acids is 1. The molecule has 146 valence electrons. The number of ether oxygens (including phenoxy) is 1. The van der Waals surface area contributed by atoms with Crippen LogP contribution in [-0.2, 0) is 16.0 Å². The van der Waals surface area contributed by atoms with Gasteiger partial charge in [0.25, 0.3) is 5.56 Å². The molecule has 1 saturated heterocycles. The van der Waals surface area contributed by atoms with Gasteiger partial charge in [0.05, 0.1) is 17.8 Å². The van der Waals surface area contributed by atoms with Crippen molar-refractivity contribution in [3.63, 3.8) is 0 Å². The van der Waals surface area contributed by atoms with E-state index < -0.39 is 12.1 Å². The van der Waals surface area contributed by atoms with Crippen LogP contribution in [0.2, 0.25) is 0 Å². The Morgan fingerprint density at radius 1 is 1.32 bits per heavy atom. The molecule has 0 radical (unpaired) electrons. The quantitative estimate of drug-likeness (QED) is 0.711. The summed E-state index contributed by atoms with van der Waals surface area (Å²) in [4.78, 5) is 28.2.